The molecule has 0 N–H and O–H groups in total. The fourth-order valence-electron chi connectivity index (χ4n) is 18.4. The van der Waals surface area contributed by atoms with Gasteiger partial charge < -0.3 is 17.7 Å². The third kappa shape index (κ3) is 9.17. The van der Waals surface area contributed by atoms with Crippen molar-refractivity contribution in [3.05, 3.63) is 374 Å². The van der Waals surface area contributed by atoms with Gasteiger partial charge in [0.25, 0.3) is 0 Å². The monoisotopic (exact) mass is 1380 g/mol. The maximum atomic E-state index is 7.09. The van der Waals surface area contributed by atoms with E-state index < -0.39 is 0 Å². The fraction of sp³-hybridized carbons (Fsp3) is 0.0385. The molecule has 16 aromatic carbocycles. The highest BCUT2D eigenvalue weighted by molar-refractivity contribution is 6.30. The van der Waals surface area contributed by atoms with E-state index in [-0.39, 0.29) is 11.8 Å². The summed E-state index contributed by atoms with van der Waals surface area (Å²) in [4.78, 5) is 0. The van der Waals surface area contributed by atoms with E-state index in [1.165, 1.54) is 54.9 Å². The minimum absolute atomic E-state index is 0.1000. The van der Waals surface area contributed by atoms with Crippen LogP contribution in [0, 0.1) is 11.8 Å². The molecule has 506 valence electrons. The van der Waals surface area contributed by atoms with Crippen molar-refractivity contribution >= 4 is 175 Å². The highest BCUT2D eigenvalue weighted by Crippen LogP contribution is 2.53. The van der Waals surface area contributed by atoms with Crippen molar-refractivity contribution in [1.29, 1.82) is 0 Å². The topological polar surface area (TPSA) is 52.6 Å². The van der Waals surface area contributed by atoms with Gasteiger partial charge in [0, 0.05) is 71.3 Å². The zero-order valence-corrected chi connectivity index (χ0v) is 59.4. The minimum atomic E-state index is 0.1000. The van der Waals surface area contributed by atoms with Crippen LogP contribution in [0.3, 0.4) is 0 Å². The molecule has 0 aliphatic heterocycles. The molecule has 0 fully saturated rings. The number of furan rings is 4. The minimum Gasteiger partial charge on any atom is -0.456 e. The summed E-state index contributed by atoms with van der Waals surface area (Å²) >= 11 is 0. The molecule has 2 unspecified atom stereocenters. The quantitative estimate of drug-likeness (QED) is 0.101. The molecule has 20 aromatic rings. The molecule has 0 spiro atoms. The van der Waals surface area contributed by atoms with Crippen molar-refractivity contribution in [2.45, 2.75) is 13.8 Å². The number of hydrogen-bond donors (Lipinski definition) is 0. The molecule has 2 aliphatic rings. The third-order valence-electron chi connectivity index (χ3n) is 23.5. The summed E-state index contributed by atoms with van der Waals surface area (Å²) < 4.78 is 27.3. The van der Waals surface area contributed by atoms with Crippen LogP contribution in [-0.4, -0.2) is 0 Å². The Kier molecular flexibility index (Phi) is 13.6. The van der Waals surface area contributed by atoms with Crippen molar-refractivity contribution in [2.24, 2.45) is 11.8 Å². The number of fused-ring (bicyclic) bond motifs is 22. The second kappa shape index (κ2) is 23.9. The van der Waals surface area contributed by atoms with E-state index in [1.54, 1.807) is 0 Å². The zero-order chi connectivity index (χ0) is 71.6. The van der Waals surface area contributed by atoms with E-state index in [0.717, 1.165) is 187 Å². The first-order valence-electron chi connectivity index (χ1n) is 37.3. The lowest BCUT2D eigenvalue weighted by molar-refractivity contribution is 0.667. The number of allylic oxidation sites excluding steroid dienone is 13. The molecule has 2 aliphatic carbocycles. The Morgan fingerprint density at radius 1 is 0.333 bits per heavy atom. The van der Waals surface area contributed by atoms with Gasteiger partial charge >= 0.3 is 0 Å². The van der Waals surface area contributed by atoms with Gasteiger partial charge in [0.05, 0.1) is 0 Å². The Hall–Kier alpha value is -13.8. The zero-order valence-electron chi connectivity index (χ0n) is 59.4. The third-order valence-corrected chi connectivity index (χ3v) is 23.5. The van der Waals surface area contributed by atoms with Gasteiger partial charge in [0.2, 0.25) is 0 Å². The van der Waals surface area contributed by atoms with E-state index in [9.17, 15) is 0 Å². The first-order chi connectivity index (χ1) is 53.3. The summed E-state index contributed by atoms with van der Waals surface area (Å²) in [7, 11) is 0. The smallest absolute Gasteiger partial charge is 0.144 e. The molecular formula is C104H66O4. The summed E-state index contributed by atoms with van der Waals surface area (Å²) in [5, 5.41) is 22.4. The Bertz CT molecular complexity index is 7490. The van der Waals surface area contributed by atoms with Gasteiger partial charge in [-0.05, 0) is 212 Å². The Morgan fingerprint density at radius 3 is 1.49 bits per heavy atom. The maximum absolute atomic E-state index is 7.09. The standard InChI is InChI=1S/C104H66O4/c1-5-6-22-59(2)60(3)68-23-7-8-24-69(68)61(4)96-75-28-11-13-30-77(75)97(78-31-14-12-29-76(78)96)67-47-53-93-90(57-67)85-48-43-64-45-54-94-101(99(64)104(85)107-93)86-37-21-36-71(102(86)108-94)63-41-39-62(40-42-63)70-50-51-83(73-26-10-9-25-72(70)73)100-81-34-17-15-32-79(81)98(80-33-16-18-35-82(80)100)66-46-52-92-89(56-66)84-49-44-65-55-88-74-27-19-20-38-91(74)105-95(88)58-87(65)103(84)106-92/h5-58,72-73H,3-4H2,1-2H3/b6-5-,59-22+. The molecule has 0 radical (unpaired) electrons. The highest BCUT2D eigenvalue weighted by Gasteiger charge is 2.33. The molecule has 0 amide bonds. The molecule has 4 heterocycles. The second-order valence-corrected chi connectivity index (χ2v) is 29.2. The van der Waals surface area contributed by atoms with Gasteiger partial charge in [0.1, 0.15) is 44.7 Å². The average molecular weight is 1380 g/mol. The lowest BCUT2D eigenvalue weighted by Crippen LogP contribution is -2.19. The van der Waals surface area contributed by atoms with Gasteiger partial charge in [-0.1, -0.05) is 280 Å². The number of rotatable bonds is 10. The Morgan fingerprint density at radius 2 is 0.824 bits per heavy atom. The summed E-state index contributed by atoms with van der Waals surface area (Å²) in [5.74, 6) is 0.213. The molecule has 0 saturated carbocycles. The number of hydrogen-bond acceptors (Lipinski definition) is 4. The van der Waals surface area contributed by atoms with E-state index >= 15 is 0 Å². The predicted octanol–water partition coefficient (Wildman–Crippen LogP) is 29.6. The van der Waals surface area contributed by atoms with Crippen LogP contribution in [0.5, 0.6) is 0 Å². The van der Waals surface area contributed by atoms with Crippen LogP contribution in [0.4, 0.5) is 0 Å². The van der Waals surface area contributed by atoms with Crippen LogP contribution in [0.25, 0.3) is 208 Å². The molecular weight excluding hydrogens is 1310 g/mol. The summed E-state index contributed by atoms with van der Waals surface area (Å²) in [6, 6.07) is 99.1. The van der Waals surface area contributed by atoms with Crippen LogP contribution in [0.15, 0.2) is 364 Å². The molecule has 4 nitrogen and oxygen atoms in total. The van der Waals surface area contributed by atoms with Gasteiger partial charge in [-0.3, -0.25) is 0 Å². The molecule has 108 heavy (non-hydrogen) atoms. The first-order valence-corrected chi connectivity index (χ1v) is 37.3. The molecule has 2 atom stereocenters. The highest BCUT2D eigenvalue weighted by atomic mass is 16.3. The van der Waals surface area contributed by atoms with Crippen molar-refractivity contribution in [2.75, 3.05) is 0 Å². The van der Waals surface area contributed by atoms with Crippen LogP contribution < -0.4 is 0 Å². The largest absolute Gasteiger partial charge is 0.456 e. The van der Waals surface area contributed by atoms with E-state index in [1.807, 2.05) is 25.1 Å². The van der Waals surface area contributed by atoms with Gasteiger partial charge in [-0.15, -0.1) is 0 Å². The Labute approximate surface area is 621 Å². The molecule has 0 saturated heterocycles. The lowest BCUT2D eigenvalue weighted by Gasteiger charge is -2.33. The lowest BCUT2D eigenvalue weighted by atomic mass is 9.70. The van der Waals surface area contributed by atoms with Gasteiger partial charge in [-0.25, -0.2) is 0 Å². The average Bonchev–Trinajstić information content (AvgIpc) is 1.40. The van der Waals surface area contributed by atoms with Crippen LogP contribution in [0.2, 0.25) is 0 Å². The van der Waals surface area contributed by atoms with Crippen LogP contribution >= 0.6 is 0 Å². The molecule has 4 heteroatoms. The maximum Gasteiger partial charge on any atom is 0.144 e. The van der Waals surface area contributed by atoms with Crippen molar-refractivity contribution in [3.63, 3.8) is 0 Å². The molecule has 4 aromatic heterocycles. The Balaban J connectivity index is 0.612. The van der Waals surface area contributed by atoms with E-state index in [0.29, 0.717) is 0 Å². The van der Waals surface area contributed by atoms with E-state index in [2.05, 4.69) is 323 Å². The van der Waals surface area contributed by atoms with Gasteiger partial charge in [-0.2, -0.15) is 0 Å². The van der Waals surface area contributed by atoms with Gasteiger partial charge in [0.15, 0.2) is 0 Å². The van der Waals surface area contributed by atoms with Crippen LogP contribution in [-0.2, 0) is 0 Å². The van der Waals surface area contributed by atoms with Crippen molar-refractivity contribution in [3.8, 4) is 33.4 Å². The van der Waals surface area contributed by atoms with Crippen molar-refractivity contribution in [1.82, 2.24) is 0 Å². The predicted molar refractivity (Wildman–Crippen MR) is 457 cm³/mol. The molecule has 0 bridgehead atoms. The molecule has 22 rings (SSSR count). The summed E-state index contributed by atoms with van der Waals surface area (Å²) in [6.45, 7) is 13.6. The number of para-hydroxylation sites is 2. The first kappa shape index (κ1) is 61.7. The summed E-state index contributed by atoms with van der Waals surface area (Å²) in [5.41, 5.74) is 25.0. The van der Waals surface area contributed by atoms with E-state index in [4.69, 9.17) is 24.2 Å². The fourth-order valence-corrected chi connectivity index (χ4v) is 18.4. The number of benzene rings is 16. The van der Waals surface area contributed by atoms with Crippen LogP contribution in [0.1, 0.15) is 41.7 Å². The van der Waals surface area contributed by atoms with Crippen molar-refractivity contribution < 1.29 is 17.7 Å². The SMILES string of the molecule is C=C(/C(C)=C/C=C\C)c1ccccc1C(=C)c1c2ccccc2c(-c2ccc3oc4c(ccc5ccc6oc7c(-c8ccc(C9=CC=C(c%10c%11ccccc%11c(-c%11ccc%12oc%13c%14cc%15oc%16ccccc%16c%15cc%14ccc%13c%12c%11)c%11ccccc%10%11)C%10C=CC=CC9%10)cc8)cccc7c6c54)c3c2)c2ccccc12. The normalized spacial score (nSPS) is 14.9. The summed E-state index contributed by atoms with van der Waals surface area (Å²) in [6.07, 6.45) is 20.3. The second-order valence-electron chi connectivity index (χ2n) is 29.2.